The summed E-state index contributed by atoms with van der Waals surface area (Å²) in [6.45, 7) is 0. The van der Waals surface area contributed by atoms with Crippen molar-refractivity contribution in [2.75, 3.05) is 0 Å². The lowest BCUT2D eigenvalue weighted by Gasteiger charge is -2.13. The zero-order valence-electron chi connectivity index (χ0n) is 9.11. The molecule has 1 aliphatic carbocycles. The molecular weight excluding hydrogens is 194 g/mol. The molecule has 0 bridgehead atoms. The van der Waals surface area contributed by atoms with Crippen LogP contribution < -0.4 is 5.73 Å². The van der Waals surface area contributed by atoms with Crippen LogP contribution in [0, 0.1) is 0 Å². The number of nitrogens with one attached hydrogen (secondary N) is 1. The van der Waals surface area contributed by atoms with Gasteiger partial charge < -0.3 is 0 Å². The quantitative estimate of drug-likeness (QED) is 0.635. The van der Waals surface area contributed by atoms with Crippen LogP contribution in [0.5, 0.6) is 0 Å². The Labute approximate surface area is 95.9 Å². The number of fused-ring (bicyclic) bond motifs is 2. The number of hydrogen-bond acceptors (Lipinski definition) is 0. The Hall–Kier alpha value is -1.60. The molecule has 79 valence electrons. The van der Waals surface area contributed by atoms with E-state index in [1.807, 2.05) is 12.1 Å². The Bertz CT molecular complexity index is 469. The molecule has 0 heterocycles. The Kier molecular flexibility index (Phi) is 2.26. The molecule has 0 fully saturated rings. The standard InChI is InChI=1S/C15H14N/c16-15-13-7-3-1-5-11(13)9-10-12-6-2-4-8-14(12)15/h1-8,15-16H,9-10H2. The maximum atomic E-state index is 8.38. The third-order valence-corrected chi connectivity index (χ3v) is 3.40. The third-order valence-electron chi connectivity index (χ3n) is 3.40. The van der Waals surface area contributed by atoms with E-state index in [1.165, 1.54) is 22.3 Å². The molecule has 1 aliphatic rings. The van der Waals surface area contributed by atoms with E-state index < -0.39 is 0 Å². The highest BCUT2D eigenvalue weighted by Crippen LogP contribution is 2.31. The summed E-state index contributed by atoms with van der Waals surface area (Å²) in [4.78, 5) is 0. The molecule has 0 unspecified atom stereocenters. The first-order valence-corrected chi connectivity index (χ1v) is 5.73. The van der Waals surface area contributed by atoms with Gasteiger partial charge in [-0.05, 0) is 35.1 Å². The van der Waals surface area contributed by atoms with Crippen molar-refractivity contribution in [3.63, 3.8) is 0 Å². The summed E-state index contributed by atoms with van der Waals surface area (Å²) in [5.74, 6) is 0. The Morgan fingerprint density at radius 3 is 1.69 bits per heavy atom. The van der Waals surface area contributed by atoms with E-state index in [0.29, 0.717) is 0 Å². The minimum Gasteiger partial charge on any atom is -0.245 e. The van der Waals surface area contributed by atoms with Crippen molar-refractivity contribution in [1.29, 1.82) is 0 Å². The summed E-state index contributed by atoms with van der Waals surface area (Å²) < 4.78 is 0. The van der Waals surface area contributed by atoms with E-state index in [1.54, 1.807) is 0 Å². The van der Waals surface area contributed by atoms with E-state index in [0.717, 1.165) is 12.8 Å². The lowest BCUT2D eigenvalue weighted by molar-refractivity contribution is 0.832. The van der Waals surface area contributed by atoms with E-state index in [4.69, 9.17) is 5.73 Å². The van der Waals surface area contributed by atoms with Crippen molar-refractivity contribution in [3.8, 4) is 0 Å². The zero-order valence-corrected chi connectivity index (χ0v) is 9.11. The van der Waals surface area contributed by atoms with Gasteiger partial charge >= 0.3 is 0 Å². The maximum Gasteiger partial charge on any atom is 0.0718 e. The van der Waals surface area contributed by atoms with E-state index in [2.05, 4.69) is 36.4 Å². The fourth-order valence-electron chi connectivity index (χ4n) is 2.52. The van der Waals surface area contributed by atoms with Gasteiger partial charge in [-0.15, -0.1) is 0 Å². The SMILES string of the molecule is [NH]C1c2ccccc2CCc2ccccc21. The Morgan fingerprint density at radius 1 is 0.750 bits per heavy atom. The first-order valence-electron chi connectivity index (χ1n) is 5.73. The van der Waals surface area contributed by atoms with Gasteiger partial charge in [0.05, 0.1) is 6.04 Å². The normalized spacial score (nSPS) is 15.1. The summed E-state index contributed by atoms with van der Waals surface area (Å²) in [6.07, 6.45) is 2.12. The molecule has 3 rings (SSSR count). The Morgan fingerprint density at radius 2 is 1.19 bits per heavy atom. The van der Waals surface area contributed by atoms with E-state index >= 15 is 0 Å². The first-order chi connectivity index (χ1) is 7.86. The molecule has 16 heavy (non-hydrogen) atoms. The molecule has 0 atom stereocenters. The molecule has 2 aromatic carbocycles. The van der Waals surface area contributed by atoms with Gasteiger partial charge in [0.2, 0.25) is 0 Å². The molecular formula is C15H14N. The monoisotopic (exact) mass is 208 g/mol. The van der Waals surface area contributed by atoms with Crippen molar-refractivity contribution in [1.82, 2.24) is 5.73 Å². The summed E-state index contributed by atoms with van der Waals surface area (Å²) in [5, 5.41) is 0. The van der Waals surface area contributed by atoms with Gasteiger partial charge in [-0.1, -0.05) is 48.5 Å². The molecule has 1 nitrogen and oxygen atoms in total. The molecule has 0 spiro atoms. The second-order valence-electron chi connectivity index (χ2n) is 4.33. The second-order valence-corrected chi connectivity index (χ2v) is 4.33. The zero-order chi connectivity index (χ0) is 11.0. The van der Waals surface area contributed by atoms with Gasteiger partial charge in [-0.3, -0.25) is 0 Å². The van der Waals surface area contributed by atoms with Crippen molar-refractivity contribution in [2.24, 2.45) is 0 Å². The fourth-order valence-corrected chi connectivity index (χ4v) is 2.52. The van der Waals surface area contributed by atoms with Crippen molar-refractivity contribution < 1.29 is 0 Å². The summed E-state index contributed by atoms with van der Waals surface area (Å²) in [6, 6.07) is 16.5. The van der Waals surface area contributed by atoms with Crippen LogP contribution in [-0.2, 0) is 12.8 Å². The Balaban J connectivity index is 2.18. The predicted octanol–water partition coefficient (Wildman–Crippen LogP) is 3.16. The van der Waals surface area contributed by atoms with Gasteiger partial charge in [-0.2, -0.15) is 0 Å². The van der Waals surface area contributed by atoms with Gasteiger partial charge in [0.1, 0.15) is 0 Å². The highest BCUT2D eigenvalue weighted by Gasteiger charge is 2.19. The number of aryl methyl sites for hydroxylation is 2. The second kappa shape index (κ2) is 3.76. The lowest BCUT2D eigenvalue weighted by Crippen LogP contribution is -2.03. The minimum absolute atomic E-state index is 0.213. The molecule has 1 radical (unpaired) electrons. The molecule has 0 amide bonds. The van der Waals surface area contributed by atoms with Gasteiger partial charge in [0.25, 0.3) is 0 Å². The van der Waals surface area contributed by atoms with Crippen LogP contribution in [0.4, 0.5) is 0 Å². The summed E-state index contributed by atoms with van der Waals surface area (Å²) >= 11 is 0. The van der Waals surface area contributed by atoms with Crippen LogP contribution in [0.1, 0.15) is 28.3 Å². The molecule has 2 aromatic rings. The van der Waals surface area contributed by atoms with E-state index in [-0.39, 0.29) is 6.04 Å². The van der Waals surface area contributed by atoms with Crippen LogP contribution in [-0.4, -0.2) is 0 Å². The molecule has 0 aromatic heterocycles. The van der Waals surface area contributed by atoms with Crippen LogP contribution in [0.15, 0.2) is 48.5 Å². The van der Waals surface area contributed by atoms with Crippen molar-refractivity contribution >= 4 is 0 Å². The van der Waals surface area contributed by atoms with Gasteiger partial charge in [0.15, 0.2) is 0 Å². The fraction of sp³-hybridized carbons (Fsp3) is 0.200. The minimum atomic E-state index is -0.213. The largest absolute Gasteiger partial charge is 0.245 e. The van der Waals surface area contributed by atoms with Crippen LogP contribution in [0.2, 0.25) is 0 Å². The maximum absolute atomic E-state index is 8.38. The topological polar surface area (TPSA) is 23.8 Å². The molecule has 1 heteroatoms. The molecule has 0 saturated carbocycles. The number of benzene rings is 2. The van der Waals surface area contributed by atoms with Gasteiger partial charge in [0, 0.05) is 0 Å². The average molecular weight is 208 g/mol. The third kappa shape index (κ3) is 1.44. The predicted molar refractivity (Wildman–Crippen MR) is 65.2 cm³/mol. The lowest BCUT2D eigenvalue weighted by atomic mass is 9.96. The molecule has 0 saturated heterocycles. The first kappa shape index (κ1) is 9.61. The average Bonchev–Trinajstić information content (AvgIpc) is 2.49. The number of hydrogen-bond donors (Lipinski definition) is 0. The van der Waals surface area contributed by atoms with Crippen molar-refractivity contribution in [3.05, 3.63) is 70.8 Å². The van der Waals surface area contributed by atoms with Crippen LogP contribution in [0.3, 0.4) is 0 Å². The van der Waals surface area contributed by atoms with Crippen LogP contribution in [0.25, 0.3) is 0 Å². The molecule has 1 N–H and O–H groups in total. The van der Waals surface area contributed by atoms with E-state index in [9.17, 15) is 0 Å². The molecule has 0 aliphatic heterocycles. The van der Waals surface area contributed by atoms with Crippen molar-refractivity contribution in [2.45, 2.75) is 18.9 Å². The summed E-state index contributed by atoms with van der Waals surface area (Å²) in [7, 11) is 0. The highest BCUT2D eigenvalue weighted by molar-refractivity contribution is 5.43. The smallest absolute Gasteiger partial charge is 0.0718 e. The highest BCUT2D eigenvalue weighted by atomic mass is 14.6. The van der Waals surface area contributed by atoms with Crippen LogP contribution >= 0.6 is 0 Å². The number of rotatable bonds is 0. The summed E-state index contributed by atoms with van der Waals surface area (Å²) in [5.41, 5.74) is 13.4. The van der Waals surface area contributed by atoms with Gasteiger partial charge in [-0.25, -0.2) is 5.73 Å².